The van der Waals surface area contributed by atoms with Crippen molar-refractivity contribution in [1.82, 2.24) is 20.1 Å². The summed E-state index contributed by atoms with van der Waals surface area (Å²) in [5, 5.41) is 5.52. The number of urea groups is 1. The number of carbonyl (C=O) groups is 2. The van der Waals surface area contributed by atoms with Gasteiger partial charge in [-0.2, -0.15) is 0 Å². The molecule has 2 aliphatic rings. The Hall–Kier alpha value is -2.68. The number of hydrogen-bond acceptors (Lipinski definition) is 5. The number of benzene rings is 1. The molecule has 0 bridgehead atoms. The molecule has 1 N–H and O–H groups in total. The average Bonchev–Trinajstić information content (AvgIpc) is 3.27. The lowest BCUT2D eigenvalue weighted by Crippen LogP contribution is -2.55. The Bertz CT molecular complexity index is 826. The van der Waals surface area contributed by atoms with Gasteiger partial charge >= 0.3 is 12.1 Å². The first kappa shape index (κ1) is 16.8. The van der Waals surface area contributed by atoms with Gasteiger partial charge in [-0.3, -0.25) is 4.90 Å². The predicted molar refractivity (Wildman–Crippen MR) is 93.2 cm³/mol. The molecule has 7 nitrogen and oxygen atoms in total. The van der Waals surface area contributed by atoms with E-state index in [1.807, 2.05) is 5.38 Å². The first-order valence-corrected chi connectivity index (χ1v) is 9.14. The van der Waals surface area contributed by atoms with Gasteiger partial charge in [-0.15, -0.1) is 11.3 Å². The van der Waals surface area contributed by atoms with Crippen LogP contribution in [0.5, 0.6) is 0 Å². The third-order valence-electron chi connectivity index (χ3n) is 4.49. The standard InChI is InChI=1S/C17H17FN4O3S/c18-12-3-1-11(2-4-12)14-10-26-15(20-14)7-19-16(23)21-5-6-22-13(8-21)9-25-17(22)24/h1-4,10,13H,5-9H2,(H,19,23). The molecule has 2 aliphatic heterocycles. The third-order valence-corrected chi connectivity index (χ3v) is 5.34. The van der Waals surface area contributed by atoms with E-state index in [4.69, 9.17) is 4.74 Å². The minimum Gasteiger partial charge on any atom is -0.447 e. The summed E-state index contributed by atoms with van der Waals surface area (Å²) in [4.78, 5) is 31.7. The van der Waals surface area contributed by atoms with Crippen molar-refractivity contribution in [2.45, 2.75) is 12.6 Å². The highest BCUT2D eigenvalue weighted by Gasteiger charge is 2.38. The SMILES string of the molecule is O=C(NCc1nc(-c2ccc(F)cc2)cs1)N1CCN2C(=O)OCC2C1. The number of fused-ring (bicyclic) bond motifs is 1. The summed E-state index contributed by atoms with van der Waals surface area (Å²) in [6, 6.07) is 5.91. The number of piperazine rings is 1. The number of thiazole rings is 1. The molecule has 1 aromatic carbocycles. The molecule has 0 aliphatic carbocycles. The molecule has 3 amide bonds. The second kappa shape index (κ2) is 6.91. The minimum atomic E-state index is -0.300. The maximum absolute atomic E-state index is 13.0. The number of carbonyl (C=O) groups excluding carboxylic acids is 2. The molecule has 2 aromatic rings. The Balaban J connectivity index is 1.32. The summed E-state index contributed by atoms with van der Waals surface area (Å²) in [6.45, 7) is 2.09. The Kier molecular flexibility index (Phi) is 4.46. The monoisotopic (exact) mass is 376 g/mol. The molecule has 2 saturated heterocycles. The highest BCUT2D eigenvalue weighted by Crippen LogP contribution is 2.22. The molecule has 0 saturated carbocycles. The van der Waals surface area contributed by atoms with Crippen LogP contribution in [-0.2, 0) is 11.3 Å². The van der Waals surface area contributed by atoms with Gasteiger partial charge in [0.05, 0.1) is 18.3 Å². The first-order chi connectivity index (χ1) is 12.6. The molecular weight excluding hydrogens is 359 g/mol. The van der Waals surface area contributed by atoms with Crippen molar-refractivity contribution in [3.8, 4) is 11.3 Å². The maximum Gasteiger partial charge on any atom is 0.410 e. The van der Waals surface area contributed by atoms with Crippen LogP contribution < -0.4 is 5.32 Å². The predicted octanol–water partition coefficient (Wildman–Crippen LogP) is 2.30. The molecule has 0 spiro atoms. The number of hydrogen-bond donors (Lipinski definition) is 1. The number of aromatic nitrogens is 1. The zero-order chi connectivity index (χ0) is 18.1. The molecule has 3 heterocycles. The van der Waals surface area contributed by atoms with Crippen LogP contribution in [0.4, 0.5) is 14.0 Å². The largest absolute Gasteiger partial charge is 0.447 e. The van der Waals surface area contributed by atoms with Crippen LogP contribution in [0.2, 0.25) is 0 Å². The van der Waals surface area contributed by atoms with Crippen LogP contribution in [0.1, 0.15) is 5.01 Å². The Morgan fingerprint density at radius 2 is 2.15 bits per heavy atom. The normalized spacial score (nSPS) is 19.3. The van der Waals surface area contributed by atoms with E-state index < -0.39 is 0 Å². The minimum absolute atomic E-state index is 0.0630. The molecule has 9 heteroatoms. The number of nitrogens with zero attached hydrogens (tertiary/aromatic N) is 3. The van der Waals surface area contributed by atoms with E-state index >= 15 is 0 Å². The summed E-state index contributed by atoms with van der Waals surface area (Å²) in [7, 11) is 0. The summed E-state index contributed by atoms with van der Waals surface area (Å²) in [6.07, 6.45) is -0.300. The van der Waals surface area contributed by atoms with Crippen molar-refractivity contribution in [3.05, 3.63) is 40.5 Å². The molecule has 0 radical (unpaired) electrons. The highest BCUT2D eigenvalue weighted by atomic mass is 32.1. The number of ether oxygens (including phenoxy) is 1. The van der Waals surface area contributed by atoms with Gasteiger partial charge < -0.3 is 15.0 Å². The topological polar surface area (TPSA) is 74.8 Å². The van der Waals surface area contributed by atoms with Crippen LogP contribution >= 0.6 is 11.3 Å². The number of rotatable bonds is 3. The fourth-order valence-corrected chi connectivity index (χ4v) is 3.82. The molecule has 1 atom stereocenters. The van der Waals surface area contributed by atoms with Crippen LogP contribution in [0.15, 0.2) is 29.6 Å². The van der Waals surface area contributed by atoms with E-state index in [1.165, 1.54) is 23.5 Å². The molecule has 1 unspecified atom stereocenters. The lowest BCUT2D eigenvalue weighted by Gasteiger charge is -2.35. The van der Waals surface area contributed by atoms with Crippen LogP contribution in [0.3, 0.4) is 0 Å². The molecular formula is C17H17FN4O3S. The van der Waals surface area contributed by atoms with E-state index in [9.17, 15) is 14.0 Å². The van der Waals surface area contributed by atoms with Gasteiger partial charge in [0.1, 0.15) is 17.4 Å². The van der Waals surface area contributed by atoms with Gasteiger partial charge in [-0.25, -0.2) is 19.0 Å². The van der Waals surface area contributed by atoms with Gasteiger partial charge in [-0.1, -0.05) is 0 Å². The number of amides is 3. The van der Waals surface area contributed by atoms with E-state index in [0.717, 1.165) is 16.3 Å². The van der Waals surface area contributed by atoms with Gasteiger partial charge in [0.2, 0.25) is 0 Å². The van der Waals surface area contributed by atoms with Crippen molar-refractivity contribution in [2.75, 3.05) is 26.2 Å². The zero-order valence-corrected chi connectivity index (χ0v) is 14.7. The second-order valence-electron chi connectivity index (χ2n) is 6.16. The summed E-state index contributed by atoms with van der Waals surface area (Å²) >= 11 is 1.44. The number of halogens is 1. The van der Waals surface area contributed by atoms with Crippen LogP contribution in [-0.4, -0.2) is 59.2 Å². The molecule has 1 aromatic heterocycles. The smallest absolute Gasteiger partial charge is 0.410 e. The van der Waals surface area contributed by atoms with Crippen molar-refractivity contribution in [1.29, 1.82) is 0 Å². The Labute approximate surface area is 153 Å². The Morgan fingerprint density at radius 1 is 1.35 bits per heavy atom. The summed E-state index contributed by atoms with van der Waals surface area (Å²) < 4.78 is 18.0. The fraction of sp³-hybridized carbons (Fsp3) is 0.353. The quantitative estimate of drug-likeness (QED) is 0.892. The van der Waals surface area contributed by atoms with E-state index in [0.29, 0.717) is 32.8 Å². The number of cyclic esters (lactones) is 1. The molecule has 4 rings (SSSR count). The lowest BCUT2D eigenvalue weighted by molar-refractivity contribution is 0.127. The molecule has 2 fully saturated rings. The van der Waals surface area contributed by atoms with E-state index in [2.05, 4.69) is 10.3 Å². The summed E-state index contributed by atoms with van der Waals surface area (Å²) in [5.74, 6) is -0.286. The molecule has 26 heavy (non-hydrogen) atoms. The van der Waals surface area contributed by atoms with Crippen molar-refractivity contribution in [2.24, 2.45) is 0 Å². The van der Waals surface area contributed by atoms with E-state index in [1.54, 1.807) is 21.9 Å². The van der Waals surface area contributed by atoms with Crippen molar-refractivity contribution < 1.29 is 18.7 Å². The fourth-order valence-electron chi connectivity index (χ4n) is 3.08. The third kappa shape index (κ3) is 3.34. The lowest BCUT2D eigenvalue weighted by atomic mass is 10.2. The maximum atomic E-state index is 13.0. The van der Waals surface area contributed by atoms with Gasteiger partial charge in [0.15, 0.2) is 0 Å². The van der Waals surface area contributed by atoms with Gasteiger partial charge in [0, 0.05) is 30.6 Å². The Morgan fingerprint density at radius 3 is 2.96 bits per heavy atom. The molecule has 136 valence electrons. The van der Waals surface area contributed by atoms with Crippen molar-refractivity contribution >= 4 is 23.5 Å². The average molecular weight is 376 g/mol. The highest BCUT2D eigenvalue weighted by molar-refractivity contribution is 7.09. The summed E-state index contributed by atoms with van der Waals surface area (Å²) in [5.41, 5.74) is 1.59. The second-order valence-corrected chi connectivity index (χ2v) is 7.10. The first-order valence-electron chi connectivity index (χ1n) is 8.26. The zero-order valence-electron chi connectivity index (χ0n) is 13.9. The van der Waals surface area contributed by atoms with E-state index in [-0.39, 0.29) is 24.0 Å². The van der Waals surface area contributed by atoms with Crippen molar-refractivity contribution in [3.63, 3.8) is 0 Å². The van der Waals surface area contributed by atoms with Gasteiger partial charge in [0.25, 0.3) is 0 Å². The van der Waals surface area contributed by atoms with Crippen LogP contribution in [0, 0.1) is 5.82 Å². The number of nitrogens with one attached hydrogen (secondary N) is 1. The van der Waals surface area contributed by atoms with Crippen LogP contribution in [0.25, 0.3) is 11.3 Å². The van der Waals surface area contributed by atoms with Gasteiger partial charge in [-0.05, 0) is 24.3 Å².